The third-order valence-corrected chi connectivity index (χ3v) is 6.17. The molecule has 0 spiro atoms. The molecule has 0 N–H and O–H groups in total. The number of rotatable bonds is 4. The average Bonchev–Trinajstić information content (AvgIpc) is 1.59. The van der Waals surface area contributed by atoms with Crippen molar-refractivity contribution in [3.8, 4) is 0 Å². The highest BCUT2D eigenvalue weighted by Gasteiger charge is 2.12. The molecule has 0 heterocycles. The van der Waals surface area contributed by atoms with Crippen molar-refractivity contribution >= 4 is 19.8 Å². The highest BCUT2D eigenvalue weighted by molar-refractivity contribution is 8.00. The van der Waals surface area contributed by atoms with Crippen LogP contribution >= 0.6 is 11.8 Å². The summed E-state index contributed by atoms with van der Waals surface area (Å²) in [7, 11) is -0.761. The minimum atomic E-state index is -0.761. The van der Waals surface area contributed by atoms with Crippen molar-refractivity contribution in [2.24, 2.45) is 5.92 Å². The molecule has 0 rings (SSSR count). The quantitative estimate of drug-likeness (QED) is 0.593. The Balaban J connectivity index is 3.21. The molecule has 0 aliphatic rings. The highest BCUT2D eigenvalue weighted by atomic mass is 32.2. The Bertz CT molecular complexity index is 83.7. The molecule has 0 aliphatic carbocycles. The first kappa shape index (κ1) is 10.6. The van der Waals surface area contributed by atoms with Gasteiger partial charge in [-0.15, -0.1) is 0 Å². The third-order valence-electron chi connectivity index (χ3n) is 0.986. The maximum atomic E-state index is 2.43. The van der Waals surface area contributed by atoms with Crippen LogP contribution in [0.2, 0.25) is 19.6 Å². The number of thioether (sulfide) groups is 1. The van der Waals surface area contributed by atoms with E-state index in [4.69, 9.17) is 0 Å². The summed E-state index contributed by atoms with van der Waals surface area (Å²) >= 11 is 2.13. The lowest BCUT2D eigenvalue weighted by Gasteiger charge is -2.15. The van der Waals surface area contributed by atoms with Crippen LogP contribution in [-0.4, -0.2) is 19.2 Å². The van der Waals surface area contributed by atoms with E-state index in [1.165, 1.54) is 11.1 Å². The first-order valence-corrected chi connectivity index (χ1v) is 8.86. The van der Waals surface area contributed by atoms with E-state index in [1.807, 2.05) is 0 Å². The van der Waals surface area contributed by atoms with Crippen LogP contribution in [0.4, 0.5) is 0 Å². The van der Waals surface area contributed by atoms with Gasteiger partial charge in [-0.25, -0.2) is 0 Å². The van der Waals surface area contributed by atoms with E-state index >= 15 is 0 Å². The molecule has 0 bridgehead atoms. The summed E-state index contributed by atoms with van der Waals surface area (Å²) in [6.45, 7) is 11.9. The van der Waals surface area contributed by atoms with Gasteiger partial charge in [-0.05, 0) is 17.0 Å². The van der Waals surface area contributed by atoms with E-state index in [1.54, 1.807) is 0 Å². The summed E-state index contributed by atoms with van der Waals surface area (Å²) < 4.78 is 0. The maximum Gasteiger partial charge on any atom is 0.0548 e. The topological polar surface area (TPSA) is 0 Å². The second-order valence-electron chi connectivity index (χ2n) is 4.47. The monoisotopic (exact) mass is 176 g/mol. The molecule has 0 saturated carbocycles. The Kier molecular flexibility index (Phi) is 4.70. The zero-order chi connectivity index (χ0) is 8.20. The Morgan fingerprint density at radius 2 is 1.70 bits per heavy atom. The predicted octanol–water partition coefficient (Wildman–Crippen LogP) is 3.25. The van der Waals surface area contributed by atoms with Crippen molar-refractivity contribution in [2.45, 2.75) is 33.5 Å². The second-order valence-corrected chi connectivity index (χ2v) is 11.5. The molecule has 10 heavy (non-hydrogen) atoms. The van der Waals surface area contributed by atoms with Gasteiger partial charge in [0, 0.05) is 0 Å². The first-order valence-electron chi connectivity index (χ1n) is 3.99. The van der Waals surface area contributed by atoms with E-state index in [-0.39, 0.29) is 0 Å². The van der Waals surface area contributed by atoms with Crippen LogP contribution in [0.25, 0.3) is 0 Å². The maximum absolute atomic E-state index is 2.43. The van der Waals surface area contributed by atoms with Crippen LogP contribution < -0.4 is 0 Å². The smallest absolute Gasteiger partial charge is 0.0548 e. The van der Waals surface area contributed by atoms with Crippen LogP contribution in [0, 0.1) is 5.92 Å². The minimum absolute atomic E-state index is 0.761. The summed E-state index contributed by atoms with van der Waals surface area (Å²) in [5.41, 5.74) is 0. The molecule has 0 aromatic heterocycles. The normalized spacial score (nSPS) is 12.6. The molecule has 0 nitrogen and oxygen atoms in total. The van der Waals surface area contributed by atoms with Crippen LogP contribution in [0.5, 0.6) is 0 Å². The molecule has 0 saturated heterocycles. The summed E-state index contributed by atoms with van der Waals surface area (Å²) in [5.74, 6) is 2.20. The molecular weight excluding hydrogens is 156 g/mol. The first-order chi connectivity index (χ1) is 4.42. The van der Waals surface area contributed by atoms with E-state index in [2.05, 4.69) is 45.3 Å². The van der Waals surface area contributed by atoms with E-state index in [0.29, 0.717) is 0 Å². The van der Waals surface area contributed by atoms with Crippen molar-refractivity contribution < 1.29 is 0 Å². The lowest BCUT2D eigenvalue weighted by molar-refractivity contribution is 0.751. The Labute approximate surface area is 70.8 Å². The van der Waals surface area contributed by atoms with Gasteiger partial charge in [-0.2, -0.15) is 11.8 Å². The van der Waals surface area contributed by atoms with Gasteiger partial charge >= 0.3 is 0 Å². The predicted molar refractivity (Wildman–Crippen MR) is 55.5 cm³/mol. The fraction of sp³-hybridized carbons (Fsp3) is 1.00. The van der Waals surface area contributed by atoms with Crippen LogP contribution in [0.1, 0.15) is 13.8 Å². The molecule has 0 radical (unpaired) electrons. The average molecular weight is 176 g/mol. The van der Waals surface area contributed by atoms with E-state index < -0.39 is 8.07 Å². The zero-order valence-electron chi connectivity index (χ0n) is 7.90. The van der Waals surface area contributed by atoms with E-state index in [0.717, 1.165) is 5.92 Å². The molecule has 0 aromatic rings. The van der Waals surface area contributed by atoms with Crippen molar-refractivity contribution in [3.05, 3.63) is 0 Å². The lowest BCUT2D eigenvalue weighted by Crippen LogP contribution is -2.24. The van der Waals surface area contributed by atoms with E-state index in [9.17, 15) is 0 Å². The molecule has 0 unspecified atom stereocenters. The van der Waals surface area contributed by atoms with Gasteiger partial charge in [0.2, 0.25) is 0 Å². The molecule has 2 heteroatoms. The van der Waals surface area contributed by atoms with Gasteiger partial charge in [0.25, 0.3) is 0 Å². The summed E-state index contributed by atoms with van der Waals surface area (Å²) in [5, 5.41) is 1.42. The van der Waals surface area contributed by atoms with Crippen molar-refractivity contribution in [1.82, 2.24) is 0 Å². The summed E-state index contributed by atoms with van der Waals surface area (Å²) in [6.07, 6.45) is 0. The highest BCUT2D eigenvalue weighted by Crippen LogP contribution is 2.13. The SMILES string of the molecule is CC(C)CSC[Si](C)(C)C. The van der Waals surface area contributed by atoms with Crippen molar-refractivity contribution in [2.75, 3.05) is 11.1 Å². The zero-order valence-corrected chi connectivity index (χ0v) is 9.72. The molecule has 62 valence electrons. The van der Waals surface area contributed by atoms with Gasteiger partial charge in [-0.1, -0.05) is 33.5 Å². The number of hydrogen-bond donors (Lipinski definition) is 0. The Hall–Kier alpha value is 0.567. The molecule has 0 amide bonds. The lowest BCUT2D eigenvalue weighted by atomic mass is 10.3. The minimum Gasteiger partial charge on any atom is -0.165 e. The van der Waals surface area contributed by atoms with Gasteiger partial charge in [0.15, 0.2) is 0 Å². The van der Waals surface area contributed by atoms with Gasteiger partial charge in [-0.3, -0.25) is 0 Å². The fourth-order valence-corrected chi connectivity index (χ4v) is 3.99. The molecule has 0 fully saturated rings. The molecule has 0 aromatic carbocycles. The van der Waals surface area contributed by atoms with Crippen molar-refractivity contribution in [3.63, 3.8) is 0 Å². The Morgan fingerprint density at radius 3 is 2.00 bits per heavy atom. The second kappa shape index (κ2) is 4.45. The summed E-state index contributed by atoms with van der Waals surface area (Å²) in [4.78, 5) is 0. The van der Waals surface area contributed by atoms with Crippen molar-refractivity contribution in [1.29, 1.82) is 0 Å². The largest absolute Gasteiger partial charge is 0.165 e. The van der Waals surface area contributed by atoms with Gasteiger partial charge in [0.05, 0.1) is 8.07 Å². The van der Waals surface area contributed by atoms with Crippen LogP contribution in [0.3, 0.4) is 0 Å². The summed E-state index contributed by atoms with van der Waals surface area (Å²) in [6, 6.07) is 0. The number of hydrogen-bond acceptors (Lipinski definition) is 1. The fourth-order valence-electron chi connectivity index (χ4n) is 0.601. The van der Waals surface area contributed by atoms with Gasteiger partial charge < -0.3 is 0 Å². The van der Waals surface area contributed by atoms with Crippen LogP contribution in [0.15, 0.2) is 0 Å². The third kappa shape index (κ3) is 8.57. The molecule has 0 atom stereocenters. The molecule has 0 aliphatic heterocycles. The standard InChI is InChI=1S/C8H20SSi/c1-8(2)6-9-7-10(3,4)5/h8H,6-7H2,1-5H3. The molecular formula is C8H20SSi. The Morgan fingerprint density at radius 1 is 1.20 bits per heavy atom. The van der Waals surface area contributed by atoms with Crippen LogP contribution in [-0.2, 0) is 0 Å². The van der Waals surface area contributed by atoms with Gasteiger partial charge in [0.1, 0.15) is 0 Å².